The van der Waals surface area contributed by atoms with Gasteiger partial charge in [-0.2, -0.15) is 0 Å². The van der Waals surface area contributed by atoms with E-state index in [4.69, 9.17) is 18.9 Å². The monoisotopic (exact) mass is 486 g/mol. The van der Waals surface area contributed by atoms with Crippen molar-refractivity contribution in [3.05, 3.63) is 48.0 Å². The number of hydrogen-bond acceptors (Lipinski definition) is 8. The molecule has 3 saturated heterocycles. The highest BCUT2D eigenvalue weighted by Gasteiger charge is 2.88. The molecule has 0 aromatic heterocycles. The summed E-state index contributed by atoms with van der Waals surface area (Å²) in [6, 6.07) is 9.48. The van der Waals surface area contributed by atoms with Crippen molar-refractivity contribution < 1.29 is 39.4 Å². The van der Waals surface area contributed by atoms with E-state index in [1.807, 2.05) is 44.2 Å². The second-order valence-electron chi connectivity index (χ2n) is 12.0. The zero-order valence-corrected chi connectivity index (χ0v) is 20.3. The summed E-state index contributed by atoms with van der Waals surface area (Å²) in [5.41, 5.74) is -3.76. The highest BCUT2D eigenvalue weighted by Crippen LogP contribution is 2.74. The van der Waals surface area contributed by atoms with Crippen LogP contribution in [0.15, 0.2) is 42.5 Å². The van der Waals surface area contributed by atoms with E-state index >= 15 is 0 Å². The number of ether oxygens (including phenoxy) is 4. The molecule has 3 aliphatic carbocycles. The Morgan fingerprint density at radius 2 is 1.80 bits per heavy atom. The lowest BCUT2D eigenvalue weighted by Crippen LogP contribution is -2.72. The summed E-state index contributed by atoms with van der Waals surface area (Å²) in [4.78, 5) is 0. The Morgan fingerprint density at radius 3 is 2.46 bits per heavy atom. The number of benzene rings is 1. The zero-order valence-electron chi connectivity index (χ0n) is 20.3. The molecule has 1 aromatic rings. The van der Waals surface area contributed by atoms with Gasteiger partial charge in [-0.25, -0.2) is 0 Å². The first-order valence-corrected chi connectivity index (χ1v) is 12.7. The van der Waals surface area contributed by atoms with Crippen molar-refractivity contribution in [2.45, 2.75) is 86.4 Å². The Hall–Kier alpha value is -1.36. The minimum atomic E-state index is -1.93. The zero-order chi connectivity index (χ0) is 24.8. The predicted molar refractivity (Wildman–Crippen MR) is 122 cm³/mol. The summed E-state index contributed by atoms with van der Waals surface area (Å²) in [5, 5.41) is 45.6. The molecule has 190 valence electrons. The van der Waals surface area contributed by atoms with Crippen LogP contribution < -0.4 is 0 Å². The van der Waals surface area contributed by atoms with Crippen LogP contribution in [0, 0.1) is 23.7 Å². The third-order valence-corrected chi connectivity index (χ3v) is 10.4. The second-order valence-corrected chi connectivity index (χ2v) is 12.0. The van der Waals surface area contributed by atoms with Crippen LogP contribution in [0.3, 0.4) is 0 Å². The van der Waals surface area contributed by atoms with Gasteiger partial charge in [-0.1, -0.05) is 50.8 Å². The molecule has 0 amide bonds. The van der Waals surface area contributed by atoms with Gasteiger partial charge in [0.25, 0.3) is 0 Å². The van der Waals surface area contributed by atoms with Crippen LogP contribution in [0.5, 0.6) is 0 Å². The molecule has 4 unspecified atom stereocenters. The number of epoxide rings is 1. The van der Waals surface area contributed by atoms with Crippen LogP contribution in [0.4, 0.5) is 0 Å². The number of aliphatic hydroxyl groups is 4. The molecule has 3 heterocycles. The van der Waals surface area contributed by atoms with Gasteiger partial charge in [0.2, 0.25) is 0 Å². The van der Waals surface area contributed by atoms with Gasteiger partial charge in [0.15, 0.2) is 0 Å². The van der Waals surface area contributed by atoms with E-state index < -0.39 is 71.2 Å². The molecule has 1 aromatic carbocycles. The Kier molecular flexibility index (Phi) is 4.27. The van der Waals surface area contributed by atoms with Gasteiger partial charge < -0.3 is 39.4 Å². The van der Waals surface area contributed by atoms with Crippen molar-refractivity contribution in [1.29, 1.82) is 0 Å². The van der Waals surface area contributed by atoms with Crippen molar-refractivity contribution in [3.63, 3.8) is 0 Å². The van der Waals surface area contributed by atoms with Crippen LogP contribution in [-0.4, -0.2) is 73.9 Å². The summed E-state index contributed by atoms with van der Waals surface area (Å²) in [6.07, 6.45) is -2.88. The summed E-state index contributed by atoms with van der Waals surface area (Å²) in [7, 11) is 0. The summed E-state index contributed by atoms with van der Waals surface area (Å²) in [5.74, 6) is -3.07. The van der Waals surface area contributed by atoms with Gasteiger partial charge in [0.1, 0.15) is 35.1 Å². The fourth-order valence-corrected chi connectivity index (χ4v) is 8.76. The van der Waals surface area contributed by atoms with Gasteiger partial charge in [0, 0.05) is 17.4 Å². The maximum absolute atomic E-state index is 12.2. The second kappa shape index (κ2) is 6.55. The number of fused-ring (bicyclic) bond motifs is 3. The van der Waals surface area contributed by atoms with E-state index in [2.05, 4.69) is 13.5 Å². The smallest absolute Gasteiger partial charge is 0.313 e. The highest BCUT2D eigenvalue weighted by atomic mass is 16.9. The lowest BCUT2D eigenvalue weighted by atomic mass is 9.54. The van der Waals surface area contributed by atoms with Gasteiger partial charge >= 0.3 is 5.97 Å². The topological polar surface area (TPSA) is 121 Å². The molecule has 3 aliphatic heterocycles. The lowest BCUT2D eigenvalue weighted by Gasteiger charge is -2.60. The molecule has 13 atom stereocenters. The Labute approximate surface area is 204 Å². The maximum atomic E-state index is 12.2. The first kappa shape index (κ1) is 22.8. The molecular weight excluding hydrogens is 452 g/mol. The molecular formula is C27H34O8. The van der Waals surface area contributed by atoms with Gasteiger partial charge in [-0.05, 0) is 37.2 Å². The van der Waals surface area contributed by atoms with E-state index in [9.17, 15) is 20.4 Å². The maximum Gasteiger partial charge on any atom is 0.313 e. The normalized spacial score (nSPS) is 59.4. The first-order chi connectivity index (χ1) is 16.5. The van der Waals surface area contributed by atoms with E-state index in [1.54, 1.807) is 0 Å². The van der Waals surface area contributed by atoms with Crippen molar-refractivity contribution >= 4 is 0 Å². The quantitative estimate of drug-likeness (QED) is 0.372. The van der Waals surface area contributed by atoms with Crippen molar-refractivity contribution in [2.24, 2.45) is 23.7 Å². The SMILES string of the molecule is C=C(C)[C@]12C[C@@H](C)[C@@]34OC(c5ccccc5)(OC1C3[C@@H]1O[C@]1(CO)[C@@H](O)[C@@]1(O)C4C[C@H](C)[C@@H]1O)O2. The molecule has 8 heteroatoms. The van der Waals surface area contributed by atoms with Crippen LogP contribution in [0.25, 0.3) is 0 Å². The Morgan fingerprint density at radius 1 is 1.09 bits per heavy atom. The molecule has 6 aliphatic rings. The molecule has 8 nitrogen and oxygen atoms in total. The fourth-order valence-electron chi connectivity index (χ4n) is 8.76. The summed E-state index contributed by atoms with van der Waals surface area (Å²) in [6.45, 7) is 9.67. The Bertz CT molecular complexity index is 1100. The minimum Gasteiger partial charge on any atom is -0.393 e. The third kappa shape index (κ3) is 2.25. The molecule has 4 N–H and O–H groups in total. The van der Waals surface area contributed by atoms with Crippen LogP contribution in [0.2, 0.25) is 0 Å². The van der Waals surface area contributed by atoms with Crippen LogP contribution in [-0.2, 0) is 24.9 Å². The molecule has 6 fully saturated rings. The van der Waals surface area contributed by atoms with Crippen LogP contribution in [0.1, 0.15) is 39.2 Å². The molecule has 3 saturated carbocycles. The standard InChI is InChI=1S/C27H34O8/c1-13(2)23-11-15(4)26-17-10-14(3)19(29)25(17,31)22(30)24(12-28)21(32-24)18(26)20(23)33-27(34-23,35-26)16-8-6-5-7-9-16/h5-9,14-15,17-22,28-31H,1,10-12H2,2-4H3/t14-,15+,17?,18?,19-,20?,21-,22+,23+,24-,25+,26-,27?/m0/s1. The van der Waals surface area contributed by atoms with Crippen molar-refractivity contribution in [1.82, 2.24) is 0 Å². The van der Waals surface area contributed by atoms with Gasteiger partial charge in [0.05, 0.1) is 18.3 Å². The molecule has 0 radical (unpaired) electrons. The van der Waals surface area contributed by atoms with E-state index in [0.717, 1.165) is 5.57 Å². The fraction of sp³-hybridized carbons (Fsp3) is 0.704. The average Bonchev–Trinajstić information content (AvgIpc) is 3.48. The number of rotatable bonds is 3. The highest BCUT2D eigenvalue weighted by molar-refractivity contribution is 5.38. The van der Waals surface area contributed by atoms with E-state index in [0.29, 0.717) is 18.4 Å². The molecule has 7 rings (SSSR count). The van der Waals surface area contributed by atoms with Gasteiger partial charge in [-0.3, -0.25) is 0 Å². The molecule has 0 spiro atoms. The lowest BCUT2D eigenvalue weighted by molar-refractivity contribution is -0.443. The summed E-state index contributed by atoms with van der Waals surface area (Å²) >= 11 is 0. The predicted octanol–water partition coefficient (Wildman–Crippen LogP) is 1.20. The third-order valence-electron chi connectivity index (χ3n) is 10.4. The first-order valence-electron chi connectivity index (χ1n) is 12.7. The molecule has 35 heavy (non-hydrogen) atoms. The number of aliphatic hydroxyl groups excluding tert-OH is 3. The largest absolute Gasteiger partial charge is 0.393 e. The minimum absolute atomic E-state index is 0.158. The van der Waals surface area contributed by atoms with E-state index in [-0.39, 0.29) is 11.8 Å². The van der Waals surface area contributed by atoms with E-state index in [1.165, 1.54) is 0 Å². The summed E-state index contributed by atoms with van der Waals surface area (Å²) < 4.78 is 26.7. The van der Waals surface area contributed by atoms with Crippen molar-refractivity contribution in [3.8, 4) is 0 Å². The Balaban J connectivity index is 1.51. The molecule has 3 bridgehead atoms. The van der Waals surface area contributed by atoms with Crippen molar-refractivity contribution in [2.75, 3.05) is 6.61 Å². The van der Waals surface area contributed by atoms with Crippen LogP contribution >= 0.6 is 0 Å². The number of hydrogen-bond donors (Lipinski definition) is 4. The average molecular weight is 487 g/mol. The van der Waals surface area contributed by atoms with Gasteiger partial charge in [-0.15, -0.1) is 0 Å².